The van der Waals surface area contributed by atoms with Crippen LogP contribution in [0.5, 0.6) is 0 Å². The van der Waals surface area contributed by atoms with Crippen LogP contribution in [-0.4, -0.2) is 83.6 Å². The summed E-state index contributed by atoms with van der Waals surface area (Å²) in [7, 11) is -1.80. The number of H-pyrrole nitrogens is 1. The molecule has 2 fully saturated rings. The molecule has 0 aliphatic carbocycles. The van der Waals surface area contributed by atoms with Gasteiger partial charge in [-0.1, -0.05) is 23.7 Å². The molecule has 2 atom stereocenters. The molecule has 44 heavy (non-hydrogen) atoms. The summed E-state index contributed by atoms with van der Waals surface area (Å²) in [4.78, 5) is 36.1. The van der Waals surface area contributed by atoms with Gasteiger partial charge in [0.25, 0.3) is 5.91 Å². The zero-order chi connectivity index (χ0) is 31.8. The Bertz CT molecular complexity index is 1650. The van der Waals surface area contributed by atoms with Crippen LogP contribution in [-0.2, 0) is 10.0 Å². The first kappa shape index (κ1) is 31.3. The van der Waals surface area contributed by atoms with Crippen molar-refractivity contribution < 1.29 is 23.1 Å². The molecule has 3 aromatic rings. The van der Waals surface area contributed by atoms with Crippen molar-refractivity contribution in [3.05, 3.63) is 65.1 Å². The molecule has 5 rings (SSSR count). The minimum atomic E-state index is -3.26. The summed E-state index contributed by atoms with van der Waals surface area (Å²) in [5.74, 6) is 0.510. The van der Waals surface area contributed by atoms with Gasteiger partial charge in [0.15, 0.2) is 11.1 Å². The molecular formula is C29H35ClN8O5S. The number of nitrogens with zero attached hydrogens (tertiary/aromatic N) is 4. The molecule has 234 valence electrons. The van der Waals surface area contributed by atoms with Crippen LogP contribution in [0.3, 0.4) is 0 Å². The van der Waals surface area contributed by atoms with Gasteiger partial charge in [0.1, 0.15) is 5.82 Å². The van der Waals surface area contributed by atoms with E-state index >= 15 is 0 Å². The molecule has 0 spiro atoms. The second-order valence-electron chi connectivity index (χ2n) is 11.3. The molecule has 2 saturated heterocycles. The molecule has 3 heterocycles. The lowest BCUT2D eigenvalue weighted by molar-refractivity contribution is 0.0720. The first-order valence-electron chi connectivity index (χ1n) is 14.1. The van der Waals surface area contributed by atoms with Crippen molar-refractivity contribution in [2.45, 2.75) is 25.3 Å². The van der Waals surface area contributed by atoms with Crippen LogP contribution < -0.4 is 16.0 Å². The number of benzene rings is 2. The summed E-state index contributed by atoms with van der Waals surface area (Å²) in [6.07, 6.45) is 2.20. The van der Waals surface area contributed by atoms with E-state index in [0.717, 1.165) is 4.90 Å². The Balaban J connectivity index is 1.42. The van der Waals surface area contributed by atoms with Gasteiger partial charge in [0, 0.05) is 49.2 Å². The van der Waals surface area contributed by atoms with Crippen molar-refractivity contribution in [3.8, 4) is 11.3 Å². The van der Waals surface area contributed by atoms with E-state index in [1.807, 2.05) is 0 Å². The standard InChI is InChI=1S/C29H35ClN8O5S/c1-36(29(40)41)22-9-5-18(6-10-22)24-25(30)35-26(34-24)23-15-20(17-11-13-37(14-12-17)44(2,42)43)16-38(23)27(39)19-3-7-21(8-4-19)33-28(31)32/h3-10,17,20,23H,11-16H2,1-2H3,(H,34,35)(H,40,41)(H4,31,32,33)/t20-,23+/m1/s1. The number of rotatable bonds is 7. The van der Waals surface area contributed by atoms with Crippen molar-refractivity contribution in [2.24, 2.45) is 17.6 Å². The number of sulfonamides is 1. The maximum Gasteiger partial charge on any atom is 0.411 e. The topological polar surface area (TPSA) is 189 Å². The van der Waals surface area contributed by atoms with E-state index in [4.69, 9.17) is 22.7 Å². The number of carboxylic acid groups (broad SMARTS) is 1. The van der Waals surface area contributed by atoms with Gasteiger partial charge < -0.3 is 26.0 Å². The second kappa shape index (κ2) is 12.5. The number of aromatic nitrogens is 2. The third-order valence-electron chi connectivity index (χ3n) is 8.46. The molecule has 2 aliphatic heterocycles. The molecule has 6 N–H and O–H groups in total. The third kappa shape index (κ3) is 6.66. The molecule has 2 amide bonds. The molecule has 0 bridgehead atoms. The molecule has 0 radical (unpaired) electrons. The Hall–Kier alpha value is -4.14. The zero-order valence-corrected chi connectivity index (χ0v) is 25.9. The van der Waals surface area contributed by atoms with Gasteiger partial charge in [0.2, 0.25) is 10.0 Å². The number of carbonyl (C=O) groups is 2. The van der Waals surface area contributed by atoms with Gasteiger partial charge in [-0.25, -0.2) is 22.5 Å². The predicted molar refractivity (Wildman–Crippen MR) is 168 cm³/mol. The average molecular weight is 643 g/mol. The lowest BCUT2D eigenvalue weighted by Crippen LogP contribution is -2.40. The van der Waals surface area contributed by atoms with E-state index < -0.39 is 22.2 Å². The third-order valence-corrected chi connectivity index (χ3v) is 10.0. The molecule has 0 saturated carbocycles. The van der Waals surface area contributed by atoms with Crippen molar-refractivity contribution >= 4 is 51.0 Å². The lowest BCUT2D eigenvalue weighted by atomic mass is 9.83. The van der Waals surface area contributed by atoms with Crippen molar-refractivity contribution in [1.82, 2.24) is 19.2 Å². The second-order valence-corrected chi connectivity index (χ2v) is 13.6. The van der Waals surface area contributed by atoms with Gasteiger partial charge in [-0.15, -0.1) is 0 Å². The highest BCUT2D eigenvalue weighted by molar-refractivity contribution is 7.88. The van der Waals surface area contributed by atoms with Crippen LogP contribution in [0.4, 0.5) is 16.2 Å². The predicted octanol–water partition coefficient (Wildman–Crippen LogP) is 4.02. The highest BCUT2D eigenvalue weighted by Crippen LogP contribution is 2.43. The number of hydrogen-bond acceptors (Lipinski definition) is 6. The van der Waals surface area contributed by atoms with E-state index in [-0.39, 0.29) is 28.9 Å². The average Bonchev–Trinajstić information content (AvgIpc) is 3.60. The summed E-state index contributed by atoms with van der Waals surface area (Å²) in [6, 6.07) is 13.2. The summed E-state index contributed by atoms with van der Waals surface area (Å²) in [5, 5.41) is 19.6. The smallest absolute Gasteiger partial charge is 0.411 e. The monoisotopic (exact) mass is 642 g/mol. The summed E-state index contributed by atoms with van der Waals surface area (Å²) < 4.78 is 25.6. The minimum Gasteiger partial charge on any atom is -0.465 e. The molecule has 2 aromatic carbocycles. The Morgan fingerprint density at radius 3 is 2.32 bits per heavy atom. The van der Waals surface area contributed by atoms with Crippen LogP contribution in [0.2, 0.25) is 5.15 Å². The van der Waals surface area contributed by atoms with Gasteiger partial charge in [-0.05, 0) is 67.5 Å². The first-order chi connectivity index (χ1) is 20.8. The number of amides is 2. The van der Waals surface area contributed by atoms with Crippen LogP contribution in [0.15, 0.2) is 48.5 Å². The van der Waals surface area contributed by atoms with Gasteiger partial charge >= 0.3 is 6.09 Å². The quantitative estimate of drug-likeness (QED) is 0.189. The Labute approximate surface area is 260 Å². The molecular weight excluding hydrogens is 608 g/mol. The number of imidazole rings is 1. The maximum atomic E-state index is 13.9. The highest BCUT2D eigenvalue weighted by Gasteiger charge is 2.42. The Morgan fingerprint density at radius 1 is 1.11 bits per heavy atom. The van der Waals surface area contributed by atoms with Crippen molar-refractivity contribution in [2.75, 3.05) is 43.2 Å². The van der Waals surface area contributed by atoms with E-state index in [9.17, 15) is 23.1 Å². The van der Waals surface area contributed by atoms with Gasteiger partial charge in [0.05, 0.1) is 18.0 Å². The van der Waals surface area contributed by atoms with Crippen LogP contribution >= 0.6 is 11.6 Å². The van der Waals surface area contributed by atoms with Crippen molar-refractivity contribution in [1.29, 1.82) is 5.41 Å². The molecule has 15 heteroatoms. The van der Waals surface area contributed by atoms with E-state index in [2.05, 4.69) is 15.3 Å². The Kier molecular flexibility index (Phi) is 8.86. The number of piperidine rings is 1. The zero-order valence-electron chi connectivity index (χ0n) is 24.3. The fourth-order valence-electron chi connectivity index (χ4n) is 6.07. The fourth-order valence-corrected chi connectivity index (χ4v) is 7.19. The number of nitrogens with one attached hydrogen (secondary N) is 3. The van der Waals surface area contributed by atoms with Crippen molar-refractivity contribution in [3.63, 3.8) is 0 Å². The normalized spacial score (nSPS) is 19.6. The number of guanidine groups is 1. The number of aromatic amines is 1. The van der Waals surface area contributed by atoms with Crippen LogP contribution in [0.25, 0.3) is 11.3 Å². The molecule has 0 unspecified atom stereocenters. The highest BCUT2D eigenvalue weighted by atomic mass is 35.5. The summed E-state index contributed by atoms with van der Waals surface area (Å²) in [5.41, 5.74) is 8.25. The lowest BCUT2D eigenvalue weighted by Gasteiger charge is -2.33. The first-order valence-corrected chi connectivity index (χ1v) is 16.3. The number of nitrogens with two attached hydrogens (primary N) is 1. The number of likely N-dealkylation sites (tertiary alicyclic amines) is 1. The SMILES string of the molecule is CN(C(=O)O)c1ccc(-c2[nH]c([C@@H]3C[C@@H](C4CCN(S(C)(=O)=O)CC4)CN3C(=O)c3ccc(NC(=N)N)cc3)nc2Cl)cc1. The summed E-state index contributed by atoms with van der Waals surface area (Å²) >= 11 is 6.61. The van der Waals surface area contributed by atoms with Crippen LogP contribution in [0, 0.1) is 17.2 Å². The van der Waals surface area contributed by atoms with E-state index in [0.29, 0.717) is 72.9 Å². The van der Waals surface area contributed by atoms with E-state index in [1.54, 1.807) is 53.4 Å². The van der Waals surface area contributed by atoms with Crippen LogP contribution in [0.1, 0.15) is 41.5 Å². The molecule has 1 aromatic heterocycles. The van der Waals surface area contributed by atoms with Gasteiger partial charge in [-0.3, -0.25) is 15.1 Å². The number of anilines is 2. The number of hydrogen-bond donors (Lipinski definition) is 5. The minimum absolute atomic E-state index is 0.127. The fraction of sp³-hybridized carbons (Fsp3) is 0.379. The molecule has 13 nitrogen and oxygen atoms in total. The maximum absolute atomic E-state index is 13.9. The number of halogens is 1. The number of carbonyl (C=O) groups excluding carboxylic acids is 1. The Morgan fingerprint density at radius 2 is 1.75 bits per heavy atom. The summed E-state index contributed by atoms with van der Waals surface area (Å²) in [6.45, 7) is 1.38. The van der Waals surface area contributed by atoms with E-state index in [1.165, 1.54) is 17.6 Å². The van der Waals surface area contributed by atoms with Gasteiger partial charge in [-0.2, -0.15) is 0 Å². The molecule has 2 aliphatic rings. The largest absolute Gasteiger partial charge is 0.465 e.